The summed E-state index contributed by atoms with van der Waals surface area (Å²) in [4.78, 5) is 18.0. The predicted octanol–water partition coefficient (Wildman–Crippen LogP) is 3.18. The maximum atomic E-state index is 14.2. The number of aliphatic hydroxyl groups is 1. The molecule has 3 aliphatic rings. The molecule has 0 radical (unpaired) electrons. The maximum absolute atomic E-state index is 14.2. The van der Waals surface area contributed by atoms with E-state index in [0.717, 1.165) is 27.8 Å². The van der Waals surface area contributed by atoms with Crippen molar-refractivity contribution >= 4 is 12.0 Å². The van der Waals surface area contributed by atoms with Crippen molar-refractivity contribution in [1.82, 2.24) is 9.80 Å². The molecule has 10 nitrogen and oxygen atoms in total. The third-order valence-corrected chi connectivity index (χ3v) is 8.38. The lowest BCUT2D eigenvalue weighted by molar-refractivity contribution is -0.144. The highest BCUT2D eigenvalue weighted by atomic mass is 16.5. The van der Waals surface area contributed by atoms with Gasteiger partial charge in [-0.3, -0.25) is 9.69 Å². The molecule has 2 bridgehead atoms. The number of ether oxygens (including phenoxy) is 6. The summed E-state index contributed by atoms with van der Waals surface area (Å²) in [7, 11) is 11.5. The number of amides is 1. The fourth-order valence-corrected chi connectivity index (χ4v) is 6.82. The van der Waals surface area contributed by atoms with Crippen LogP contribution in [0, 0.1) is 13.8 Å². The average Bonchev–Trinajstić information content (AvgIpc) is 2.93. The molecular weight excluding hydrogens is 504 g/mol. The maximum Gasteiger partial charge on any atom is 0.245 e. The molecular formula is C29H36N2O8. The first-order chi connectivity index (χ1) is 18.7. The molecule has 1 fully saturated rings. The Morgan fingerprint density at radius 3 is 1.82 bits per heavy atom. The van der Waals surface area contributed by atoms with Crippen molar-refractivity contribution in [3.63, 3.8) is 0 Å². The van der Waals surface area contributed by atoms with Crippen LogP contribution < -0.4 is 28.4 Å². The van der Waals surface area contributed by atoms with Crippen molar-refractivity contribution in [2.24, 2.45) is 0 Å². The minimum atomic E-state index is -0.716. The number of carbonyl (C=O) groups excluding carboxylic acids is 1. The molecule has 1 amide bonds. The molecule has 3 heterocycles. The van der Waals surface area contributed by atoms with E-state index in [9.17, 15) is 9.90 Å². The van der Waals surface area contributed by atoms with Crippen molar-refractivity contribution in [3.05, 3.63) is 39.1 Å². The molecule has 210 valence electrons. The number of likely N-dealkylation sites (N-methyl/N-ethyl adjacent to an activating group) is 1. The number of carbonyl (C=O) groups is 1. The summed E-state index contributed by atoms with van der Waals surface area (Å²) in [6.45, 7) is 3.49. The fraction of sp³-hybridized carbons (Fsp3) is 0.483. The number of methoxy groups -OCH3 is 6. The van der Waals surface area contributed by atoms with E-state index in [0.29, 0.717) is 52.2 Å². The summed E-state index contributed by atoms with van der Waals surface area (Å²) in [6.07, 6.45) is 2.37. The number of hydrogen-bond acceptors (Lipinski definition) is 9. The summed E-state index contributed by atoms with van der Waals surface area (Å²) < 4.78 is 35.0. The Morgan fingerprint density at radius 2 is 1.31 bits per heavy atom. The van der Waals surface area contributed by atoms with Gasteiger partial charge in [-0.15, -0.1) is 0 Å². The monoisotopic (exact) mass is 540 g/mol. The largest absolute Gasteiger partial charge is 0.496 e. The van der Waals surface area contributed by atoms with Gasteiger partial charge in [0, 0.05) is 45.5 Å². The standard InChI is InChI=1S/C29H36N2O8/c1-13-23(34-4)15-10-17-22-21-16(24(35-5)14(2)26(37-7)28(21)39-9)11-18(30(22)3)29(33)31(17)19(12-32)20(15)27(38-8)25(13)36-6/h10,18-19,22,32H,11-12H2,1-9H3/t18-,19-,22-/m1/s1. The van der Waals surface area contributed by atoms with E-state index in [1.54, 1.807) is 47.6 Å². The van der Waals surface area contributed by atoms with Gasteiger partial charge in [0.25, 0.3) is 0 Å². The van der Waals surface area contributed by atoms with Gasteiger partial charge in [0.05, 0.1) is 67.4 Å². The van der Waals surface area contributed by atoms with Gasteiger partial charge in [-0.2, -0.15) is 0 Å². The van der Waals surface area contributed by atoms with Gasteiger partial charge in [-0.05, 0) is 27.0 Å². The van der Waals surface area contributed by atoms with Crippen molar-refractivity contribution < 1.29 is 38.3 Å². The van der Waals surface area contributed by atoms with Crippen LogP contribution in [0.1, 0.15) is 45.5 Å². The van der Waals surface area contributed by atoms with Crippen LogP contribution in [0.4, 0.5) is 0 Å². The average molecular weight is 541 g/mol. The van der Waals surface area contributed by atoms with Crippen LogP contribution in [0.5, 0.6) is 34.5 Å². The second kappa shape index (κ2) is 9.84. The molecule has 1 N–H and O–H groups in total. The molecule has 0 aromatic heterocycles. The van der Waals surface area contributed by atoms with Crippen LogP contribution in [0.25, 0.3) is 6.08 Å². The Bertz CT molecular complexity index is 1380. The van der Waals surface area contributed by atoms with E-state index in [4.69, 9.17) is 28.4 Å². The Labute approximate surface area is 228 Å². The van der Waals surface area contributed by atoms with Gasteiger partial charge in [0.1, 0.15) is 11.5 Å². The molecule has 10 heteroatoms. The zero-order valence-corrected chi connectivity index (χ0v) is 23.9. The van der Waals surface area contributed by atoms with Crippen molar-refractivity contribution in [2.45, 2.75) is 38.4 Å². The minimum absolute atomic E-state index is 0.120. The second-order valence-electron chi connectivity index (χ2n) is 9.93. The number of aliphatic hydroxyl groups excluding tert-OH is 1. The third kappa shape index (κ3) is 3.44. The molecule has 5 rings (SSSR count). The number of fused-ring (bicyclic) bond motifs is 7. The SMILES string of the molecule is COc1c(C)c(OC)c(OC)c2c1C=C1[C@@H]3c4c(c(OC)c(C)c(OC)c4OC)C[C@H](C(=O)N1[C@@H]2CO)N3C. The lowest BCUT2D eigenvalue weighted by atomic mass is 9.77. The summed E-state index contributed by atoms with van der Waals surface area (Å²) in [6, 6.07) is -1.59. The molecule has 0 aliphatic carbocycles. The van der Waals surface area contributed by atoms with Crippen molar-refractivity contribution in [2.75, 3.05) is 56.3 Å². The lowest BCUT2D eigenvalue weighted by Crippen LogP contribution is -2.60. The molecule has 0 unspecified atom stereocenters. The highest BCUT2D eigenvalue weighted by Crippen LogP contribution is 2.59. The third-order valence-electron chi connectivity index (χ3n) is 8.38. The van der Waals surface area contributed by atoms with Crippen LogP contribution in [0.3, 0.4) is 0 Å². The summed E-state index contributed by atoms with van der Waals surface area (Å²) in [5.41, 5.74) is 5.42. The van der Waals surface area contributed by atoms with Crippen LogP contribution in [-0.2, 0) is 11.2 Å². The molecule has 0 spiro atoms. The van der Waals surface area contributed by atoms with Crippen LogP contribution >= 0.6 is 0 Å². The molecule has 3 atom stereocenters. The number of piperazine rings is 1. The van der Waals surface area contributed by atoms with E-state index in [2.05, 4.69) is 4.90 Å². The first-order valence-corrected chi connectivity index (χ1v) is 12.8. The van der Waals surface area contributed by atoms with Crippen molar-refractivity contribution in [3.8, 4) is 34.5 Å². The van der Waals surface area contributed by atoms with E-state index < -0.39 is 18.1 Å². The summed E-state index contributed by atoms with van der Waals surface area (Å²) in [5, 5.41) is 10.8. The molecule has 2 aromatic rings. The number of rotatable bonds is 7. The van der Waals surface area contributed by atoms with Crippen LogP contribution in [-0.4, -0.2) is 83.2 Å². The first-order valence-electron chi connectivity index (χ1n) is 12.8. The van der Waals surface area contributed by atoms with Gasteiger partial charge in [0.15, 0.2) is 23.0 Å². The smallest absolute Gasteiger partial charge is 0.245 e. The van der Waals surface area contributed by atoms with Gasteiger partial charge in [-0.25, -0.2) is 0 Å². The van der Waals surface area contributed by atoms with Crippen LogP contribution in [0.2, 0.25) is 0 Å². The highest BCUT2D eigenvalue weighted by molar-refractivity contribution is 5.91. The zero-order valence-electron chi connectivity index (χ0n) is 23.9. The van der Waals surface area contributed by atoms with Gasteiger partial charge >= 0.3 is 0 Å². The lowest BCUT2D eigenvalue weighted by Gasteiger charge is -2.53. The molecule has 1 saturated heterocycles. The zero-order chi connectivity index (χ0) is 28.3. The number of hydrogen-bond donors (Lipinski definition) is 1. The molecule has 3 aliphatic heterocycles. The number of nitrogens with zero attached hydrogens (tertiary/aromatic N) is 2. The molecule has 2 aromatic carbocycles. The van der Waals surface area contributed by atoms with Crippen LogP contribution in [0.15, 0.2) is 5.70 Å². The Balaban J connectivity index is 1.90. The molecule has 39 heavy (non-hydrogen) atoms. The van der Waals surface area contributed by atoms with Gasteiger partial charge < -0.3 is 38.4 Å². The number of benzene rings is 2. The van der Waals surface area contributed by atoms with E-state index in [1.165, 1.54) is 0 Å². The van der Waals surface area contributed by atoms with Gasteiger partial charge in [0.2, 0.25) is 5.91 Å². The van der Waals surface area contributed by atoms with E-state index in [-0.39, 0.29) is 12.5 Å². The Hall–Kier alpha value is -3.63. The molecule has 0 saturated carbocycles. The summed E-state index contributed by atoms with van der Waals surface area (Å²) >= 11 is 0. The highest BCUT2D eigenvalue weighted by Gasteiger charge is 2.53. The normalized spacial score (nSPS) is 21.4. The van der Waals surface area contributed by atoms with Crippen molar-refractivity contribution in [1.29, 1.82) is 0 Å². The second-order valence-corrected chi connectivity index (χ2v) is 9.93. The Morgan fingerprint density at radius 1 is 0.795 bits per heavy atom. The first kappa shape index (κ1) is 27.0. The summed E-state index contributed by atoms with van der Waals surface area (Å²) in [5.74, 6) is 3.30. The van der Waals surface area contributed by atoms with E-state index >= 15 is 0 Å². The van der Waals surface area contributed by atoms with Gasteiger partial charge in [-0.1, -0.05) is 0 Å². The quantitative estimate of drug-likeness (QED) is 0.568. The van der Waals surface area contributed by atoms with E-state index in [1.807, 2.05) is 27.0 Å². The fourth-order valence-electron chi connectivity index (χ4n) is 6.82. The topological polar surface area (TPSA) is 99.2 Å². The minimum Gasteiger partial charge on any atom is -0.496 e. The predicted molar refractivity (Wildman–Crippen MR) is 144 cm³/mol. The Kier molecular flexibility index (Phi) is 6.80.